The predicted octanol–water partition coefficient (Wildman–Crippen LogP) is 2.69. The number of anilines is 1. The van der Waals surface area contributed by atoms with Gasteiger partial charge in [0.05, 0.1) is 11.4 Å². The third-order valence-corrected chi connectivity index (χ3v) is 6.93. The Morgan fingerprint density at radius 2 is 1.71 bits per heavy atom. The Morgan fingerprint density at radius 1 is 1.06 bits per heavy atom. The molecule has 0 saturated carbocycles. The molecule has 0 spiro atoms. The fourth-order valence-electron chi connectivity index (χ4n) is 3.93. The van der Waals surface area contributed by atoms with E-state index in [9.17, 15) is 13.2 Å². The van der Waals surface area contributed by atoms with E-state index < -0.39 is 10.0 Å². The van der Waals surface area contributed by atoms with E-state index in [4.69, 9.17) is 22.1 Å². The monoisotopic (exact) mass is 460 g/mol. The summed E-state index contributed by atoms with van der Waals surface area (Å²) in [5.41, 5.74) is 1.70. The molecule has 0 aromatic heterocycles. The molecule has 2 heterocycles. The molecule has 4 rings (SSSR count). The topological polar surface area (TPSA) is 105 Å². The number of hydrogen-bond acceptors (Lipinski definition) is 5. The molecule has 10 heteroatoms. The molecule has 2 aliphatic heterocycles. The number of sulfonamides is 1. The first-order valence-electron chi connectivity index (χ1n) is 10.0. The van der Waals surface area contributed by atoms with Crippen LogP contribution in [0.1, 0.15) is 24.5 Å². The van der Waals surface area contributed by atoms with E-state index in [0.717, 1.165) is 18.4 Å². The van der Waals surface area contributed by atoms with Crippen LogP contribution in [0.25, 0.3) is 0 Å². The maximum Gasteiger partial charge on any atom is 0.410 e. The van der Waals surface area contributed by atoms with E-state index in [1.165, 1.54) is 12.1 Å². The average molecular weight is 461 g/mol. The highest BCUT2D eigenvalue weighted by atomic mass is 32.2. The lowest BCUT2D eigenvalue weighted by Gasteiger charge is -2.36. The minimum atomic E-state index is -3.72. The highest BCUT2D eigenvalue weighted by molar-refractivity contribution is 7.89. The summed E-state index contributed by atoms with van der Waals surface area (Å²) < 4.78 is 28.3. The molecule has 2 saturated heterocycles. The molecule has 2 aromatic carbocycles. The maximum atomic E-state index is 12.4. The number of nitrogens with zero attached hydrogens (tertiary/aromatic N) is 2. The standard InChI is InChI=1S/C21H24N4O4S2/c22-31(27,28)18-8-6-16(7-9-18)23-20(30)24-12-10-17(11-13-24)25-14-19(29-21(25)26)15-4-2-1-3-5-15/h1-9,17,19H,10-14H2,(H,23,30)(H2,22,27,28). The van der Waals surface area contributed by atoms with Gasteiger partial charge in [0.1, 0.15) is 6.10 Å². The average Bonchev–Trinajstić information content (AvgIpc) is 3.16. The number of thiocarbonyl (C=S) groups is 1. The SMILES string of the molecule is NS(=O)(=O)c1ccc(NC(=S)N2CCC(N3CC(c4ccccc4)OC3=O)CC2)cc1. The summed E-state index contributed by atoms with van der Waals surface area (Å²) in [4.78, 5) is 16.3. The van der Waals surface area contributed by atoms with Gasteiger partial charge in [-0.25, -0.2) is 18.4 Å². The fourth-order valence-corrected chi connectivity index (χ4v) is 4.75. The van der Waals surface area contributed by atoms with E-state index in [1.54, 1.807) is 12.1 Å². The highest BCUT2D eigenvalue weighted by Crippen LogP contribution is 2.30. The first-order valence-corrected chi connectivity index (χ1v) is 12.0. The van der Waals surface area contributed by atoms with Crippen LogP contribution >= 0.6 is 12.2 Å². The van der Waals surface area contributed by atoms with Crippen molar-refractivity contribution in [2.24, 2.45) is 5.14 Å². The van der Waals surface area contributed by atoms with Crippen LogP contribution in [0.3, 0.4) is 0 Å². The number of cyclic esters (lactones) is 1. The second-order valence-electron chi connectivity index (χ2n) is 7.65. The van der Waals surface area contributed by atoms with Crippen LogP contribution in [0.4, 0.5) is 10.5 Å². The van der Waals surface area contributed by atoms with Gasteiger partial charge in [-0.2, -0.15) is 0 Å². The van der Waals surface area contributed by atoms with Crippen LogP contribution in [-0.2, 0) is 14.8 Å². The fraction of sp³-hybridized carbons (Fsp3) is 0.333. The first-order chi connectivity index (χ1) is 14.8. The van der Waals surface area contributed by atoms with Crippen molar-refractivity contribution in [1.29, 1.82) is 0 Å². The van der Waals surface area contributed by atoms with Gasteiger partial charge in [0.2, 0.25) is 10.0 Å². The highest BCUT2D eigenvalue weighted by Gasteiger charge is 2.38. The van der Waals surface area contributed by atoms with Gasteiger partial charge in [-0.1, -0.05) is 30.3 Å². The van der Waals surface area contributed by atoms with Gasteiger partial charge >= 0.3 is 6.09 Å². The second kappa shape index (κ2) is 8.81. The quantitative estimate of drug-likeness (QED) is 0.676. The maximum absolute atomic E-state index is 12.4. The molecule has 8 nitrogen and oxygen atoms in total. The number of likely N-dealkylation sites (tertiary alicyclic amines) is 1. The Bertz CT molecular complexity index is 1050. The number of hydrogen-bond donors (Lipinski definition) is 2. The zero-order valence-corrected chi connectivity index (χ0v) is 18.4. The number of primary sulfonamides is 1. The Hall–Kier alpha value is -2.69. The van der Waals surface area contributed by atoms with Gasteiger partial charge in [0.25, 0.3) is 0 Å². The van der Waals surface area contributed by atoms with Crippen molar-refractivity contribution in [3.63, 3.8) is 0 Å². The number of carbonyl (C=O) groups is 1. The second-order valence-corrected chi connectivity index (χ2v) is 9.60. The van der Waals surface area contributed by atoms with E-state index in [0.29, 0.717) is 30.4 Å². The van der Waals surface area contributed by atoms with Gasteiger partial charge in [0.15, 0.2) is 5.11 Å². The number of carbonyl (C=O) groups excluding carboxylic acids is 1. The molecule has 0 aliphatic carbocycles. The minimum Gasteiger partial charge on any atom is -0.439 e. The lowest BCUT2D eigenvalue weighted by Crippen LogP contribution is -2.48. The van der Waals surface area contributed by atoms with Crippen LogP contribution in [0.2, 0.25) is 0 Å². The van der Waals surface area contributed by atoms with Crippen molar-refractivity contribution in [3.05, 3.63) is 60.2 Å². The van der Waals surface area contributed by atoms with Crippen molar-refractivity contribution in [2.75, 3.05) is 25.0 Å². The summed E-state index contributed by atoms with van der Waals surface area (Å²) in [6, 6.07) is 16.0. The molecule has 0 bridgehead atoms. The third-order valence-electron chi connectivity index (χ3n) is 5.64. The summed E-state index contributed by atoms with van der Waals surface area (Å²) in [6.07, 6.45) is 1.10. The van der Waals surface area contributed by atoms with Crippen molar-refractivity contribution in [1.82, 2.24) is 9.80 Å². The van der Waals surface area contributed by atoms with Gasteiger partial charge in [-0.05, 0) is 54.9 Å². The minimum absolute atomic E-state index is 0.0519. The van der Waals surface area contributed by atoms with Gasteiger partial charge in [0, 0.05) is 24.8 Å². The van der Waals surface area contributed by atoms with E-state index in [-0.39, 0.29) is 23.1 Å². The van der Waals surface area contributed by atoms with Crippen LogP contribution < -0.4 is 10.5 Å². The predicted molar refractivity (Wildman–Crippen MR) is 121 cm³/mol. The van der Waals surface area contributed by atoms with Gasteiger partial charge in [-0.3, -0.25) is 0 Å². The van der Waals surface area contributed by atoms with E-state index in [1.807, 2.05) is 35.2 Å². The molecular formula is C21H24N4O4S2. The number of benzene rings is 2. The van der Waals surface area contributed by atoms with E-state index >= 15 is 0 Å². The lowest BCUT2D eigenvalue weighted by molar-refractivity contribution is 0.120. The largest absolute Gasteiger partial charge is 0.439 e. The smallest absolute Gasteiger partial charge is 0.410 e. The summed E-state index contributed by atoms with van der Waals surface area (Å²) in [6.45, 7) is 1.99. The molecule has 1 atom stereocenters. The molecule has 164 valence electrons. The Labute approximate surface area is 187 Å². The number of rotatable bonds is 4. The first kappa shape index (κ1) is 21.5. The summed E-state index contributed by atoms with van der Waals surface area (Å²) >= 11 is 5.51. The summed E-state index contributed by atoms with van der Waals surface area (Å²) in [7, 11) is -3.72. The zero-order chi connectivity index (χ0) is 22.0. The normalized spacial score (nSPS) is 19.9. The molecule has 2 fully saturated rings. The summed E-state index contributed by atoms with van der Waals surface area (Å²) in [5.74, 6) is 0. The molecule has 1 amide bonds. The zero-order valence-electron chi connectivity index (χ0n) is 16.8. The third kappa shape index (κ3) is 4.97. The number of nitrogens with one attached hydrogen (secondary N) is 1. The summed E-state index contributed by atoms with van der Waals surface area (Å²) in [5, 5.41) is 8.81. The number of amides is 1. The Morgan fingerprint density at radius 3 is 2.32 bits per heavy atom. The van der Waals surface area contributed by atoms with E-state index in [2.05, 4.69) is 10.2 Å². The van der Waals surface area contributed by atoms with Gasteiger partial charge < -0.3 is 19.9 Å². The van der Waals surface area contributed by atoms with Gasteiger partial charge in [-0.15, -0.1) is 0 Å². The van der Waals surface area contributed by atoms with Crippen LogP contribution in [0.15, 0.2) is 59.5 Å². The number of nitrogens with two attached hydrogens (primary N) is 1. The van der Waals surface area contributed by atoms with Crippen molar-refractivity contribution < 1.29 is 17.9 Å². The lowest BCUT2D eigenvalue weighted by atomic mass is 10.0. The number of piperidine rings is 1. The number of ether oxygens (including phenoxy) is 1. The van der Waals surface area contributed by atoms with Crippen molar-refractivity contribution >= 4 is 39.1 Å². The molecule has 2 aliphatic rings. The molecule has 2 aromatic rings. The Kier molecular flexibility index (Phi) is 6.12. The molecule has 1 unspecified atom stereocenters. The van der Waals surface area contributed by atoms with Crippen LogP contribution in [-0.4, -0.2) is 55.1 Å². The molecule has 31 heavy (non-hydrogen) atoms. The van der Waals surface area contributed by atoms with Crippen molar-refractivity contribution in [3.8, 4) is 0 Å². The van der Waals surface area contributed by atoms with Crippen molar-refractivity contribution in [2.45, 2.75) is 29.9 Å². The molecule has 0 radical (unpaired) electrons. The molecule has 3 N–H and O–H groups in total. The van der Waals surface area contributed by atoms with Crippen LogP contribution in [0.5, 0.6) is 0 Å². The molecular weight excluding hydrogens is 436 g/mol. The van der Waals surface area contributed by atoms with Crippen LogP contribution in [0, 0.1) is 0 Å². The Balaban J connectivity index is 1.30.